The van der Waals surface area contributed by atoms with Gasteiger partial charge >= 0.3 is 12.1 Å². The maximum absolute atomic E-state index is 12.5. The first kappa shape index (κ1) is 13.3. The Labute approximate surface area is 96.7 Å². The standard InChI is InChI=1S/C12H11F3O2/c1-9(16)17-11(12(13,14)15)8-7-10-5-3-2-4-6-10/h2-8,11H,1H3/b8-7+/t11-/m0/s1. The van der Waals surface area contributed by atoms with Gasteiger partial charge in [0.1, 0.15) is 0 Å². The van der Waals surface area contributed by atoms with Gasteiger partial charge in [-0.3, -0.25) is 4.79 Å². The van der Waals surface area contributed by atoms with E-state index in [-0.39, 0.29) is 0 Å². The molecule has 1 aromatic rings. The zero-order chi connectivity index (χ0) is 12.9. The summed E-state index contributed by atoms with van der Waals surface area (Å²) in [6, 6.07) is 8.46. The van der Waals surface area contributed by atoms with Crippen molar-refractivity contribution in [2.24, 2.45) is 0 Å². The Morgan fingerprint density at radius 3 is 2.35 bits per heavy atom. The van der Waals surface area contributed by atoms with Gasteiger partial charge in [-0.05, 0) is 11.6 Å². The summed E-state index contributed by atoms with van der Waals surface area (Å²) < 4.78 is 41.5. The molecule has 0 saturated carbocycles. The monoisotopic (exact) mass is 244 g/mol. The van der Waals surface area contributed by atoms with Gasteiger partial charge in [-0.2, -0.15) is 13.2 Å². The minimum absolute atomic E-state index is 0.605. The van der Waals surface area contributed by atoms with E-state index in [1.54, 1.807) is 30.3 Å². The van der Waals surface area contributed by atoms with E-state index in [1.165, 1.54) is 6.08 Å². The molecule has 0 radical (unpaired) electrons. The van der Waals surface area contributed by atoms with Gasteiger partial charge in [-0.25, -0.2) is 0 Å². The second kappa shape index (κ2) is 5.52. The van der Waals surface area contributed by atoms with Crippen molar-refractivity contribution in [3.05, 3.63) is 42.0 Å². The van der Waals surface area contributed by atoms with Crippen molar-refractivity contribution in [3.63, 3.8) is 0 Å². The van der Waals surface area contributed by atoms with E-state index in [2.05, 4.69) is 4.74 Å². The van der Waals surface area contributed by atoms with Gasteiger partial charge in [0.15, 0.2) is 0 Å². The third-order valence-corrected chi connectivity index (χ3v) is 1.88. The molecule has 0 N–H and O–H groups in total. The molecule has 0 saturated heterocycles. The van der Waals surface area contributed by atoms with Crippen LogP contribution in [0.5, 0.6) is 0 Å². The number of ether oxygens (including phenoxy) is 1. The summed E-state index contributed by atoms with van der Waals surface area (Å²) in [5, 5.41) is 0. The first-order valence-corrected chi connectivity index (χ1v) is 4.87. The second-order valence-corrected chi connectivity index (χ2v) is 3.34. The molecule has 1 rings (SSSR count). The fourth-order valence-corrected chi connectivity index (χ4v) is 1.16. The van der Waals surface area contributed by atoms with Crippen LogP contribution in [0.25, 0.3) is 6.08 Å². The van der Waals surface area contributed by atoms with Gasteiger partial charge < -0.3 is 4.74 Å². The van der Waals surface area contributed by atoms with E-state index in [0.717, 1.165) is 13.0 Å². The lowest BCUT2D eigenvalue weighted by molar-refractivity contribution is -0.206. The SMILES string of the molecule is CC(=O)O[C@@H](/C=C/c1ccccc1)C(F)(F)F. The van der Waals surface area contributed by atoms with Gasteiger partial charge in [-0.1, -0.05) is 36.4 Å². The molecule has 0 fully saturated rings. The molecule has 0 bridgehead atoms. The maximum Gasteiger partial charge on any atom is 0.429 e. The molecular formula is C12H11F3O2. The minimum atomic E-state index is -4.60. The van der Waals surface area contributed by atoms with Crippen LogP contribution in [0.15, 0.2) is 36.4 Å². The van der Waals surface area contributed by atoms with E-state index in [1.807, 2.05) is 0 Å². The third-order valence-electron chi connectivity index (χ3n) is 1.88. The van der Waals surface area contributed by atoms with Crippen molar-refractivity contribution in [1.29, 1.82) is 0 Å². The summed E-state index contributed by atoms with van der Waals surface area (Å²) >= 11 is 0. The van der Waals surface area contributed by atoms with E-state index in [9.17, 15) is 18.0 Å². The van der Waals surface area contributed by atoms with Gasteiger partial charge in [0.2, 0.25) is 6.10 Å². The lowest BCUT2D eigenvalue weighted by Gasteiger charge is -2.16. The van der Waals surface area contributed by atoms with Crippen LogP contribution >= 0.6 is 0 Å². The first-order chi connectivity index (χ1) is 7.89. The van der Waals surface area contributed by atoms with E-state index in [4.69, 9.17) is 0 Å². The first-order valence-electron chi connectivity index (χ1n) is 4.87. The zero-order valence-corrected chi connectivity index (χ0v) is 9.07. The van der Waals surface area contributed by atoms with Crippen LogP contribution in [0.3, 0.4) is 0 Å². The number of rotatable bonds is 3. The van der Waals surface area contributed by atoms with Gasteiger partial charge in [0.05, 0.1) is 0 Å². The number of carbonyl (C=O) groups excluding carboxylic acids is 1. The van der Waals surface area contributed by atoms with Crippen molar-refractivity contribution in [2.45, 2.75) is 19.2 Å². The summed E-state index contributed by atoms with van der Waals surface area (Å²) in [6.45, 7) is 0.940. The number of hydrogen-bond acceptors (Lipinski definition) is 2. The molecule has 0 aliphatic carbocycles. The number of halogens is 3. The molecule has 92 valence electrons. The number of carbonyl (C=O) groups is 1. The van der Waals surface area contributed by atoms with Crippen LogP contribution in [-0.4, -0.2) is 18.2 Å². The van der Waals surface area contributed by atoms with Crippen LogP contribution in [0.1, 0.15) is 12.5 Å². The Morgan fingerprint density at radius 2 is 1.88 bits per heavy atom. The molecule has 0 heterocycles. The summed E-state index contributed by atoms with van der Waals surface area (Å²) in [7, 11) is 0. The Bertz CT molecular complexity index is 396. The molecule has 0 unspecified atom stereocenters. The van der Waals surface area contributed by atoms with Gasteiger partial charge in [0, 0.05) is 6.92 Å². The van der Waals surface area contributed by atoms with Gasteiger partial charge in [-0.15, -0.1) is 0 Å². The summed E-state index contributed by atoms with van der Waals surface area (Å²) in [5.41, 5.74) is 0.605. The van der Waals surface area contributed by atoms with Crippen LogP contribution in [-0.2, 0) is 9.53 Å². The van der Waals surface area contributed by atoms with Crippen molar-refractivity contribution in [3.8, 4) is 0 Å². The number of hydrogen-bond donors (Lipinski definition) is 0. The van der Waals surface area contributed by atoms with Crippen molar-refractivity contribution < 1.29 is 22.7 Å². The van der Waals surface area contributed by atoms with Crippen molar-refractivity contribution >= 4 is 12.0 Å². The normalized spacial score (nSPS) is 13.6. The molecule has 1 aromatic carbocycles. The predicted octanol–water partition coefficient (Wildman–Crippen LogP) is 3.19. The second-order valence-electron chi connectivity index (χ2n) is 3.34. The van der Waals surface area contributed by atoms with Crippen molar-refractivity contribution in [1.82, 2.24) is 0 Å². The van der Waals surface area contributed by atoms with Crippen LogP contribution < -0.4 is 0 Å². The number of benzene rings is 1. The highest BCUT2D eigenvalue weighted by molar-refractivity contribution is 5.66. The highest BCUT2D eigenvalue weighted by atomic mass is 19.4. The number of esters is 1. The Kier molecular flexibility index (Phi) is 4.31. The topological polar surface area (TPSA) is 26.3 Å². The summed E-state index contributed by atoms with van der Waals surface area (Å²) in [4.78, 5) is 10.6. The van der Waals surface area contributed by atoms with Crippen LogP contribution in [0, 0.1) is 0 Å². The zero-order valence-electron chi connectivity index (χ0n) is 9.07. The quantitative estimate of drug-likeness (QED) is 0.763. The maximum atomic E-state index is 12.5. The Hall–Kier alpha value is -1.78. The van der Waals surface area contributed by atoms with Crippen LogP contribution in [0.2, 0.25) is 0 Å². The van der Waals surface area contributed by atoms with E-state index >= 15 is 0 Å². The predicted molar refractivity (Wildman–Crippen MR) is 57.1 cm³/mol. The Balaban J connectivity index is 2.80. The molecule has 5 heteroatoms. The fourth-order valence-electron chi connectivity index (χ4n) is 1.16. The molecule has 0 spiro atoms. The molecule has 0 aliphatic rings. The summed E-state index contributed by atoms with van der Waals surface area (Å²) in [5.74, 6) is -0.968. The largest absolute Gasteiger partial charge is 0.449 e. The Morgan fingerprint density at radius 1 is 1.29 bits per heavy atom. The molecule has 2 nitrogen and oxygen atoms in total. The van der Waals surface area contributed by atoms with E-state index in [0.29, 0.717) is 5.56 Å². The average Bonchev–Trinajstić information content (AvgIpc) is 2.23. The highest BCUT2D eigenvalue weighted by Gasteiger charge is 2.40. The van der Waals surface area contributed by atoms with E-state index < -0.39 is 18.2 Å². The lowest BCUT2D eigenvalue weighted by Crippen LogP contribution is -2.31. The molecular weight excluding hydrogens is 233 g/mol. The molecule has 0 amide bonds. The lowest BCUT2D eigenvalue weighted by atomic mass is 10.2. The highest BCUT2D eigenvalue weighted by Crippen LogP contribution is 2.24. The van der Waals surface area contributed by atoms with Crippen LogP contribution in [0.4, 0.5) is 13.2 Å². The molecule has 17 heavy (non-hydrogen) atoms. The van der Waals surface area contributed by atoms with Crippen molar-refractivity contribution in [2.75, 3.05) is 0 Å². The molecule has 0 aliphatic heterocycles. The fraction of sp³-hybridized carbons (Fsp3) is 0.250. The minimum Gasteiger partial charge on any atom is -0.449 e. The molecule has 0 aromatic heterocycles. The third kappa shape index (κ3) is 4.72. The molecule has 1 atom stereocenters. The summed E-state index contributed by atoms with van der Waals surface area (Å²) in [6.07, 6.45) is -4.73. The van der Waals surface area contributed by atoms with Gasteiger partial charge in [0.25, 0.3) is 0 Å². The average molecular weight is 244 g/mol. The number of alkyl halides is 3. The smallest absolute Gasteiger partial charge is 0.429 e.